The van der Waals surface area contributed by atoms with E-state index >= 15 is 0 Å². The number of nitrogens with zero attached hydrogens (tertiary/aromatic N) is 1. The van der Waals surface area contributed by atoms with Gasteiger partial charge in [-0.25, -0.2) is 10.2 Å². The Balaban J connectivity index is 1.69. The van der Waals surface area contributed by atoms with Crippen molar-refractivity contribution in [2.45, 2.75) is 6.92 Å². The Labute approximate surface area is 157 Å². The molecule has 3 aromatic carbocycles. The first kappa shape index (κ1) is 18.1. The van der Waals surface area contributed by atoms with Crippen molar-refractivity contribution in [1.29, 1.82) is 0 Å². The summed E-state index contributed by atoms with van der Waals surface area (Å²) < 4.78 is 5.45. The number of carbonyl (C=O) groups is 2. The smallest absolute Gasteiger partial charge is 0.343 e. The molecule has 0 radical (unpaired) electrons. The number of rotatable bonds is 5. The molecular formula is C22H18N2O3. The molecule has 1 amide bonds. The van der Waals surface area contributed by atoms with Gasteiger partial charge in [0, 0.05) is 11.1 Å². The predicted molar refractivity (Wildman–Crippen MR) is 104 cm³/mol. The van der Waals surface area contributed by atoms with Crippen molar-refractivity contribution in [2.24, 2.45) is 5.10 Å². The number of nitrogens with one attached hydrogen (secondary N) is 1. The third-order valence-electron chi connectivity index (χ3n) is 3.78. The zero-order valence-corrected chi connectivity index (χ0v) is 14.8. The molecule has 1 N–H and O–H groups in total. The lowest BCUT2D eigenvalue weighted by atomic mass is 10.1. The molecule has 0 aromatic heterocycles. The van der Waals surface area contributed by atoms with Crippen LogP contribution < -0.4 is 10.2 Å². The van der Waals surface area contributed by atoms with Crippen molar-refractivity contribution < 1.29 is 14.3 Å². The first-order chi connectivity index (χ1) is 13.1. The molecule has 0 unspecified atom stereocenters. The van der Waals surface area contributed by atoms with Crippen molar-refractivity contribution >= 4 is 18.1 Å². The Bertz CT molecular complexity index is 982. The van der Waals surface area contributed by atoms with E-state index in [1.165, 1.54) is 6.21 Å². The summed E-state index contributed by atoms with van der Waals surface area (Å²) in [7, 11) is 0. The van der Waals surface area contributed by atoms with E-state index < -0.39 is 5.97 Å². The van der Waals surface area contributed by atoms with Gasteiger partial charge >= 0.3 is 5.97 Å². The molecule has 0 aliphatic heterocycles. The zero-order chi connectivity index (χ0) is 19.1. The second-order valence-corrected chi connectivity index (χ2v) is 5.86. The van der Waals surface area contributed by atoms with Crippen LogP contribution in [-0.4, -0.2) is 18.1 Å². The maximum absolute atomic E-state index is 12.2. The summed E-state index contributed by atoms with van der Waals surface area (Å²) in [5.74, 6) is -0.408. The van der Waals surface area contributed by atoms with Gasteiger partial charge in [0.25, 0.3) is 5.91 Å². The molecular weight excluding hydrogens is 340 g/mol. The van der Waals surface area contributed by atoms with Crippen LogP contribution in [-0.2, 0) is 0 Å². The van der Waals surface area contributed by atoms with Gasteiger partial charge in [-0.1, -0.05) is 48.0 Å². The van der Waals surface area contributed by atoms with Crippen molar-refractivity contribution in [1.82, 2.24) is 5.43 Å². The fourth-order valence-corrected chi connectivity index (χ4v) is 2.42. The number of amides is 1. The highest BCUT2D eigenvalue weighted by molar-refractivity contribution is 5.96. The van der Waals surface area contributed by atoms with Crippen LogP contribution in [0.4, 0.5) is 0 Å². The molecule has 3 rings (SSSR count). The predicted octanol–water partition coefficient (Wildman–Crippen LogP) is 3.98. The maximum atomic E-state index is 12.2. The van der Waals surface area contributed by atoms with Crippen LogP contribution >= 0.6 is 0 Å². The van der Waals surface area contributed by atoms with Crippen molar-refractivity contribution in [3.05, 3.63) is 101 Å². The van der Waals surface area contributed by atoms with Crippen LogP contribution in [0, 0.1) is 6.92 Å². The van der Waals surface area contributed by atoms with Crippen molar-refractivity contribution in [2.75, 3.05) is 0 Å². The van der Waals surface area contributed by atoms with Crippen molar-refractivity contribution in [3.63, 3.8) is 0 Å². The van der Waals surface area contributed by atoms with Crippen LogP contribution in [0.5, 0.6) is 5.75 Å². The van der Waals surface area contributed by atoms with Gasteiger partial charge in [0.05, 0.1) is 11.8 Å². The van der Waals surface area contributed by atoms with Gasteiger partial charge in [-0.2, -0.15) is 5.10 Å². The van der Waals surface area contributed by atoms with E-state index in [0.717, 1.165) is 5.56 Å². The lowest BCUT2D eigenvalue weighted by Gasteiger charge is -2.07. The van der Waals surface area contributed by atoms with E-state index in [1.807, 2.05) is 25.1 Å². The second-order valence-electron chi connectivity index (χ2n) is 5.86. The van der Waals surface area contributed by atoms with Crippen LogP contribution in [0.2, 0.25) is 0 Å². The van der Waals surface area contributed by atoms with Gasteiger partial charge in [-0.15, -0.1) is 0 Å². The lowest BCUT2D eigenvalue weighted by Crippen LogP contribution is -2.17. The topological polar surface area (TPSA) is 67.8 Å². The van der Waals surface area contributed by atoms with Crippen LogP contribution in [0.25, 0.3) is 0 Å². The summed E-state index contributed by atoms with van der Waals surface area (Å²) in [6.07, 6.45) is 1.45. The molecule has 0 atom stereocenters. The average Bonchev–Trinajstić information content (AvgIpc) is 2.70. The number of esters is 1. The SMILES string of the molecule is Cc1cccc(C(=O)N/N=C/c2ccccc2OC(=O)c2ccccc2)c1. The Morgan fingerprint density at radius 2 is 1.59 bits per heavy atom. The van der Waals surface area contributed by atoms with E-state index in [0.29, 0.717) is 22.4 Å². The Kier molecular flexibility index (Phi) is 5.74. The molecule has 0 saturated carbocycles. The van der Waals surface area contributed by atoms with E-state index in [9.17, 15) is 9.59 Å². The van der Waals surface area contributed by atoms with Gasteiger partial charge in [-0.3, -0.25) is 4.79 Å². The number of hydrogen-bond acceptors (Lipinski definition) is 4. The molecule has 0 aliphatic rings. The number of benzene rings is 3. The van der Waals surface area contributed by atoms with E-state index in [-0.39, 0.29) is 5.91 Å². The molecule has 3 aromatic rings. The summed E-state index contributed by atoms with van der Waals surface area (Å²) in [6, 6.07) is 22.9. The minimum atomic E-state index is -0.458. The van der Waals surface area contributed by atoms with Gasteiger partial charge in [0.15, 0.2) is 0 Å². The first-order valence-corrected chi connectivity index (χ1v) is 8.40. The summed E-state index contributed by atoms with van der Waals surface area (Å²) in [5, 5.41) is 3.97. The number of para-hydroxylation sites is 1. The summed E-state index contributed by atoms with van der Waals surface area (Å²) in [5.41, 5.74) is 5.02. The number of hydrogen-bond donors (Lipinski definition) is 1. The van der Waals surface area contributed by atoms with Gasteiger partial charge in [0.2, 0.25) is 0 Å². The molecule has 134 valence electrons. The molecule has 0 fully saturated rings. The molecule has 0 aliphatic carbocycles. The summed E-state index contributed by atoms with van der Waals surface area (Å²) in [4.78, 5) is 24.4. The minimum Gasteiger partial charge on any atom is -0.422 e. The normalized spacial score (nSPS) is 10.6. The molecule has 5 nitrogen and oxygen atoms in total. The quantitative estimate of drug-likeness (QED) is 0.325. The third-order valence-corrected chi connectivity index (χ3v) is 3.78. The number of aryl methyl sites for hydroxylation is 1. The number of ether oxygens (including phenoxy) is 1. The first-order valence-electron chi connectivity index (χ1n) is 8.40. The maximum Gasteiger partial charge on any atom is 0.343 e. The molecule has 0 saturated heterocycles. The lowest BCUT2D eigenvalue weighted by molar-refractivity contribution is 0.0734. The Hall–Kier alpha value is -3.73. The van der Waals surface area contributed by atoms with E-state index in [1.54, 1.807) is 60.7 Å². The highest BCUT2D eigenvalue weighted by Crippen LogP contribution is 2.17. The molecule has 0 spiro atoms. The van der Waals surface area contributed by atoms with E-state index in [2.05, 4.69) is 10.5 Å². The summed E-state index contributed by atoms with van der Waals surface area (Å²) >= 11 is 0. The average molecular weight is 358 g/mol. The van der Waals surface area contributed by atoms with Crippen molar-refractivity contribution in [3.8, 4) is 5.75 Å². The van der Waals surface area contributed by atoms with Gasteiger partial charge in [-0.05, 0) is 43.3 Å². The minimum absolute atomic E-state index is 0.311. The van der Waals surface area contributed by atoms with Crippen LogP contribution in [0.3, 0.4) is 0 Å². The molecule has 0 bridgehead atoms. The van der Waals surface area contributed by atoms with Gasteiger partial charge < -0.3 is 4.74 Å². The molecule has 27 heavy (non-hydrogen) atoms. The highest BCUT2D eigenvalue weighted by atomic mass is 16.5. The second kappa shape index (κ2) is 8.58. The monoisotopic (exact) mass is 358 g/mol. The number of hydrazone groups is 1. The van der Waals surface area contributed by atoms with Crippen LogP contribution in [0.15, 0.2) is 84.0 Å². The molecule has 5 heteroatoms. The van der Waals surface area contributed by atoms with Gasteiger partial charge in [0.1, 0.15) is 5.75 Å². The largest absolute Gasteiger partial charge is 0.422 e. The fraction of sp³-hybridized carbons (Fsp3) is 0.0455. The molecule has 0 heterocycles. The Morgan fingerprint density at radius 1 is 0.889 bits per heavy atom. The third kappa shape index (κ3) is 4.89. The Morgan fingerprint density at radius 3 is 2.37 bits per heavy atom. The number of carbonyl (C=O) groups excluding carboxylic acids is 2. The van der Waals surface area contributed by atoms with Crippen LogP contribution in [0.1, 0.15) is 31.8 Å². The fourth-order valence-electron chi connectivity index (χ4n) is 2.42. The summed E-state index contributed by atoms with van der Waals surface area (Å²) in [6.45, 7) is 1.91. The van der Waals surface area contributed by atoms with E-state index in [4.69, 9.17) is 4.74 Å². The zero-order valence-electron chi connectivity index (χ0n) is 14.8. The standard InChI is InChI=1S/C22H18N2O3/c1-16-8-7-12-18(14-16)21(25)24-23-15-19-11-5-6-13-20(19)27-22(26)17-9-3-2-4-10-17/h2-15H,1H3,(H,24,25)/b23-15+. The highest BCUT2D eigenvalue weighted by Gasteiger charge is 2.10.